The highest BCUT2D eigenvalue weighted by molar-refractivity contribution is 5.75. The van der Waals surface area contributed by atoms with Gasteiger partial charge in [0.15, 0.2) is 6.29 Å². The van der Waals surface area contributed by atoms with Crippen LogP contribution < -0.4 is 4.74 Å². The number of benzene rings is 1. The molecule has 19 heavy (non-hydrogen) atoms. The van der Waals surface area contributed by atoms with Crippen LogP contribution in [0, 0.1) is 0 Å². The van der Waals surface area contributed by atoms with E-state index in [4.69, 9.17) is 14.2 Å². The lowest BCUT2D eigenvalue weighted by atomic mass is 10.1. The average Bonchev–Trinajstić information content (AvgIpc) is 2.45. The molecular formula is C15H20O4. The number of ketones is 1. The molecule has 0 N–H and O–H groups in total. The predicted molar refractivity (Wildman–Crippen MR) is 71.1 cm³/mol. The first-order chi connectivity index (χ1) is 9.19. The molecule has 1 saturated heterocycles. The van der Waals surface area contributed by atoms with Crippen molar-refractivity contribution >= 4 is 5.78 Å². The minimum Gasteiger partial charge on any atom is -0.497 e. The van der Waals surface area contributed by atoms with Crippen LogP contribution in [0.3, 0.4) is 0 Å². The Morgan fingerprint density at radius 1 is 1.37 bits per heavy atom. The Hall–Kier alpha value is -1.39. The van der Waals surface area contributed by atoms with Crippen LogP contribution in [0.25, 0.3) is 0 Å². The van der Waals surface area contributed by atoms with E-state index in [0.29, 0.717) is 13.0 Å². The molecule has 0 bridgehead atoms. The summed E-state index contributed by atoms with van der Waals surface area (Å²) >= 11 is 0. The Balaban J connectivity index is 1.94. The van der Waals surface area contributed by atoms with Gasteiger partial charge >= 0.3 is 0 Å². The normalized spacial score (nSPS) is 23.1. The number of rotatable bonds is 5. The third-order valence-corrected chi connectivity index (χ3v) is 3.23. The molecule has 0 saturated carbocycles. The SMILES string of the molecule is COc1ccc([C@@H]2OCC[C@@H](CCC(C)=O)O2)cc1. The quantitative estimate of drug-likeness (QED) is 0.820. The van der Waals surface area contributed by atoms with E-state index >= 15 is 0 Å². The summed E-state index contributed by atoms with van der Waals surface area (Å²) < 4.78 is 16.6. The van der Waals surface area contributed by atoms with Crippen molar-refractivity contribution in [2.45, 2.75) is 38.6 Å². The van der Waals surface area contributed by atoms with Gasteiger partial charge in [0, 0.05) is 12.0 Å². The van der Waals surface area contributed by atoms with E-state index in [-0.39, 0.29) is 18.2 Å². The van der Waals surface area contributed by atoms with Gasteiger partial charge in [-0.1, -0.05) is 12.1 Å². The van der Waals surface area contributed by atoms with Crippen molar-refractivity contribution in [1.29, 1.82) is 0 Å². The Morgan fingerprint density at radius 2 is 2.11 bits per heavy atom. The number of methoxy groups -OCH3 is 1. The van der Waals surface area contributed by atoms with E-state index in [1.54, 1.807) is 14.0 Å². The van der Waals surface area contributed by atoms with E-state index in [0.717, 1.165) is 24.2 Å². The molecule has 4 heteroatoms. The maximum Gasteiger partial charge on any atom is 0.184 e. The molecule has 1 fully saturated rings. The predicted octanol–water partition coefficient (Wildman–Crippen LogP) is 2.87. The smallest absolute Gasteiger partial charge is 0.184 e. The van der Waals surface area contributed by atoms with E-state index in [9.17, 15) is 4.79 Å². The molecule has 0 unspecified atom stereocenters. The summed E-state index contributed by atoms with van der Waals surface area (Å²) in [5.41, 5.74) is 0.980. The lowest BCUT2D eigenvalue weighted by Gasteiger charge is -2.30. The number of ether oxygens (including phenoxy) is 3. The topological polar surface area (TPSA) is 44.8 Å². The molecule has 104 valence electrons. The van der Waals surface area contributed by atoms with Gasteiger partial charge in [-0.25, -0.2) is 0 Å². The van der Waals surface area contributed by atoms with Crippen molar-refractivity contribution in [3.63, 3.8) is 0 Å². The Labute approximate surface area is 113 Å². The first kappa shape index (κ1) is 14.0. The summed E-state index contributed by atoms with van der Waals surface area (Å²) in [4.78, 5) is 11.0. The minimum atomic E-state index is -0.336. The standard InChI is InChI=1S/C15H20O4/c1-11(16)3-6-14-9-10-18-15(19-14)12-4-7-13(17-2)8-5-12/h4-5,7-8,14-15H,3,6,9-10H2,1-2H3/t14-,15-/m1/s1. The molecule has 1 aliphatic heterocycles. The number of hydrogen-bond acceptors (Lipinski definition) is 4. The molecule has 4 nitrogen and oxygen atoms in total. The van der Waals surface area contributed by atoms with Crippen molar-refractivity contribution in [3.8, 4) is 5.75 Å². The van der Waals surface area contributed by atoms with Gasteiger partial charge in [-0.15, -0.1) is 0 Å². The molecule has 2 atom stereocenters. The lowest BCUT2D eigenvalue weighted by Crippen LogP contribution is -2.27. The largest absolute Gasteiger partial charge is 0.497 e. The first-order valence-electron chi connectivity index (χ1n) is 6.59. The summed E-state index contributed by atoms with van der Waals surface area (Å²) in [7, 11) is 1.64. The maximum absolute atomic E-state index is 11.0. The van der Waals surface area contributed by atoms with Crippen LogP contribution in [-0.2, 0) is 14.3 Å². The van der Waals surface area contributed by atoms with Crippen LogP contribution in [-0.4, -0.2) is 25.6 Å². The fourth-order valence-electron chi connectivity index (χ4n) is 2.10. The minimum absolute atomic E-state index is 0.102. The molecule has 2 rings (SSSR count). The number of carbonyl (C=O) groups is 1. The van der Waals surface area contributed by atoms with Crippen molar-refractivity contribution in [3.05, 3.63) is 29.8 Å². The number of Topliss-reactive ketones (excluding diaryl/α,β-unsaturated/α-hetero) is 1. The average molecular weight is 264 g/mol. The van der Waals surface area contributed by atoms with Crippen LogP contribution in [0.2, 0.25) is 0 Å². The van der Waals surface area contributed by atoms with Crippen LogP contribution in [0.5, 0.6) is 5.75 Å². The molecular weight excluding hydrogens is 244 g/mol. The third-order valence-electron chi connectivity index (χ3n) is 3.23. The molecule has 0 radical (unpaired) electrons. The molecule has 1 aliphatic rings. The fraction of sp³-hybridized carbons (Fsp3) is 0.533. The molecule has 0 aromatic heterocycles. The second-order valence-electron chi connectivity index (χ2n) is 4.76. The summed E-state index contributed by atoms with van der Waals surface area (Å²) in [6.45, 7) is 2.28. The molecule has 1 aromatic carbocycles. The van der Waals surface area contributed by atoms with Gasteiger partial charge in [-0.2, -0.15) is 0 Å². The zero-order chi connectivity index (χ0) is 13.7. The second kappa shape index (κ2) is 6.68. The van der Waals surface area contributed by atoms with E-state index in [1.165, 1.54) is 0 Å². The summed E-state index contributed by atoms with van der Waals surface area (Å²) in [6, 6.07) is 7.66. The third kappa shape index (κ3) is 4.04. The zero-order valence-electron chi connectivity index (χ0n) is 11.4. The van der Waals surface area contributed by atoms with E-state index in [2.05, 4.69) is 0 Å². The highest BCUT2D eigenvalue weighted by Crippen LogP contribution is 2.29. The van der Waals surface area contributed by atoms with Crippen molar-refractivity contribution < 1.29 is 19.0 Å². The molecule has 0 amide bonds. The molecule has 1 heterocycles. The van der Waals surface area contributed by atoms with Crippen LogP contribution in [0.15, 0.2) is 24.3 Å². The van der Waals surface area contributed by atoms with Gasteiger partial charge < -0.3 is 19.0 Å². The number of hydrogen-bond donors (Lipinski definition) is 0. The van der Waals surface area contributed by atoms with Gasteiger partial charge in [0.25, 0.3) is 0 Å². The van der Waals surface area contributed by atoms with E-state index in [1.807, 2.05) is 24.3 Å². The van der Waals surface area contributed by atoms with Crippen LogP contribution in [0.1, 0.15) is 38.0 Å². The Bertz CT molecular complexity index is 413. The van der Waals surface area contributed by atoms with Gasteiger partial charge in [0.2, 0.25) is 0 Å². The molecule has 1 aromatic rings. The second-order valence-corrected chi connectivity index (χ2v) is 4.76. The van der Waals surface area contributed by atoms with E-state index < -0.39 is 0 Å². The van der Waals surface area contributed by atoms with Crippen molar-refractivity contribution in [2.75, 3.05) is 13.7 Å². The molecule has 0 aliphatic carbocycles. The maximum atomic E-state index is 11.0. The summed E-state index contributed by atoms with van der Waals surface area (Å²) in [5, 5.41) is 0. The van der Waals surface area contributed by atoms with Gasteiger partial charge in [0.1, 0.15) is 11.5 Å². The first-order valence-corrected chi connectivity index (χ1v) is 6.59. The summed E-state index contributed by atoms with van der Waals surface area (Å²) in [6.07, 6.45) is 1.95. The fourth-order valence-corrected chi connectivity index (χ4v) is 2.10. The van der Waals surface area contributed by atoms with Crippen LogP contribution in [0.4, 0.5) is 0 Å². The lowest BCUT2D eigenvalue weighted by molar-refractivity contribution is -0.218. The van der Waals surface area contributed by atoms with Crippen LogP contribution >= 0.6 is 0 Å². The van der Waals surface area contributed by atoms with Gasteiger partial charge in [-0.3, -0.25) is 0 Å². The monoisotopic (exact) mass is 264 g/mol. The van der Waals surface area contributed by atoms with Gasteiger partial charge in [0.05, 0.1) is 19.8 Å². The van der Waals surface area contributed by atoms with Gasteiger partial charge in [-0.05, 0) is 31.9 Å². The van der Waals surface area contributed by atoms with Crippen molar-refractivity contribution in [1.82, 2.24) is 0 Å². The van der Waals surface area contributed by atoms with Crippen molar-refractivity contribution in [2.24, 2.45) is 0 Å². The Kier molecular flexibility index (Phi) is 4.93. The number of carbonyl (C=O) groups excluding carboxylic acids is 1. The highest BCUT2D eigenvalue weighted by atomic mass is 16.7. The molecule has 0 spiro atoms. The zero-order valence-corrected chi connectivity index (χ0v) is 11.4. The highest BCUT2D eigenvalue weighted by Gasteiger charge is 2.24. The summed E-state index contributed by atoms with van der Waals surface area (Å²) in [5.74, 6) is 1.02. The Morgan fingerprint density at radius 3 is 2.74 bits per heavy atom.